The second kappa shape index (κ2) is 6.79. The Hall–Kier alpha value is -1.48. The fourth-order valence-electron chi connectivity index (χ4n) is 3.59. The number of hydrogen-bond donors (Lipinski definition) is 0. The van der Waals surface area contributed by atoms with Gasteiger partial charge in [0.25, 0.3) is 0 Å². The molecule has 0 aliphatic rings. The fourth-order valence-corrected chi connectivity index (χ4v) is 10.7. The van der Waals surface area contributed by atoms with E-state index >= 15 is 0 Å². The summed E-state index contributed by atoms with van der Waals surface area (Å²) in [5, 5.41) is 6.16. The Morgan fingerprint density at radius 3 is 1.25 bits per heavy atom. The molecule has 3 aromatic rings. The van der Waals surface area contributed by atoms with E-state index in [4.69, 9.17) is 0 Å². The zero-order valence-corrected chi connectivity index (χ0v) is 17.1. The molecule has 0 saturated heterocycles. The molecule has 0 fully saturated rings. The van der Waals surface area contributed by atoms with Crippen molar-refractivity contribution in [2.24, 2.45) is 0 Å². The quantitative estimate of drug-likeness (QED) is 0.628. The van der Waals surface area contributed by atoms with Crippen LogP contribution in [0.15, 0.2) is 84.9 Å². The van der Waals surface area contributed by atoms with Crippen molar-refractivity contribution >= 4 is 35.7 Å². The zero-order chi connectivity index (χ0) is 17.2. The van der Waals surface area contributed by atoms with Crippen molar-refractivity contribution in [1.29, 1.82) is 0 Å². The van der Waals surface area contributed by atoms with Gasteiger partial charge in [0.2, 0.25) is 0 Å². The summed E-state index contributed by atoms with van der Waals surface area (Å²) >= 11 is 0. The zero-order valence-electron chi connectivity index (χ0n) is 15.1. The third-order valence-corrected chi connectivity index (χ3v) is 11.8. The SMILES string of the molecule is C[PH](C)(C)c1ccccc1[PH](C)(c1ccccc1)c1ccccc1. The summed E-state index contributed by atoms with van der Waals surface area (Å²) in [7, 11) is -3.42. The molecule has 126 valence electrons. The molecule has 0 heterocycles. The first-order valence-electron chi connectivity index (χ1n) is 8.65. The Morgan fingerprint density at radius 1 is 0.458 bits per heavy atom. The van der Waals surface area contributed by atoms with Crippen molar-refractivity contribution in [3.63, 3.8) is 0 Å². The minimum atomic E-state index is -2.00. The molecule has 0 saturated carbocycles. The second-order valence-electron chi connectivity index (χ2n) is 7.65. The van der Waals surface area contributed by atoms with Gasteiger partial charge in [-0.3, -0.25) is 0 Å². The Labute approximate surface area is 147 Å². The van der Waals surface area contributed by atoms with Crippen LogP contribution in [0.25, 0.3) is 0 Å². The molecule has 3 rings (SSSR count). The van der Waals surface area contributed by atoms with E-state index in [1.807, 2.05) is 0 Å². The van der Waals surface area contributed by atoms with E-state index < -0.39 is 14.5 Å². The van der Waals surface area contributed by atoms with Crippen molar-refractivity contribution in [3.8, 4) is 0 Å². The average Bonchev–Trinajstić information content (AvgIpc) is 2.62. The molecular formula is C22H28P2. The van der Waals surface area contributed by atoms with Crippen LogP contribution >= 0.6 is 14.5 Å². The van der Waals surface area contributed by atoms with Crippen molar-refractivity contribution in [2.45, 2.75) is 0 Å². The normalized spacial score (nSPS) is 13.5. The van der Waals surface area contributed by atoms with Crippen LogP contribution in [0.5, 0.6) is 0 Å². The number of rotatable bonds is 4. The van der Waals surface area contributed by atoms with Crippen LogP contribution in [0.4, 0.5) is 0 Å². The second-order valence-corrected chi connectivity index (χ2v) is 16.6. The molecule has 0 unspecified atom stereocenters. The van der Waals surface area contributed by atoms with Crippen molar-refractivity contribution in [3.05, 3.63) is 84.9 Å². The van der Waals surface area contributed by atoms with Crippen molar-refractivity contribution in [1.82, 2.24) is 0 Å². The van der Waals surface area contributed by atoms with Crippen molar-refractivity contribution in [2.75, 3.05) is 26.7 Å². The summed E-state index contributed by atoms with van der Waals surface area (Å²) in [6.07, 6.45) is 0. The molecule has 3 aromatic carbocycles. The van der Waals surface area contributed by atoms with Crippen LogP contribution < -0.4 is 21.2 Å². The average molecular weight is 354 g/mol. The minimum absolute atomic E-state index is 1.42. The van der Waals surface area contributed by atoms with E-state index in [0.29, 0.717) is 0 Å². The monoisotopic (exact) mass is 354 g/mol. The first-order chi connectivity index (χ1) is 11.4. The van der Waals surface area contributed by atoms with Gasteiger partial charge < -0.3 is 0 Å². The summed E-state index contributed by atoms with van der Waals surface area (Å²) in [6.45, 7) is 9.88. The van der Waals surface area contributed by atoms with E-state index in [1.165, 1.54) is 10.6 Å². The van der Waals surface area contributed by atoms with Gasteiger partial charge in [-0.15, -0.1) is 0 Å². The molecule has 2 heteroatoms. The van der Waals surface area contributed by atoms with Gasteiger partial charge in [-0.25, -0.2) is 0 Å². The topological polar surface area (TPSA) is 0 Å². The van der Waals surface area contributed by atoms with Gasteiger partial charge in [0.15, 0.2) is 0 Å². The van der Waals surface area contributed by atoms with Gasteiger partial charge >= 0.3 is 147 Å². The predicted molar refractivity (Wildman–Crippen MR) is 118 cm³/mol. The fraction of sp³-hybridized carbons (Fsp3) is 0.182. The third-order valence-electron chi connectivity index (χ3n) is 4.98. The van der Waals surface area contributed by atoms with Crippen molar-refractivity contribution < 1.29 is 0 Å². The van der Waals surface area contributed by atoms with Crippen LogP contribution in [0.3, 0.4) is 0 Å². The molecule has 0 amide bonds. The third kappa shape index (κ3) is 3.19. The molecule has 0 spiro atoms. The Bertz CT molecular complexity index is 763. The van der Waals surface area contributed by atoms with Gasteiger partial charge in [-0.1, -0.05) is 0 Å². The standard InChI is InChI=1S/C22H28P2/c1-23(2,3)21-17-11-12-18-22(21)24(4,19-13-7-5-8-14-19)20-15-9-6-10-16-20/h5-18,23-24H,1-4H3. The summed E-state index contributed by atoms with van der Waals surface area (Å²) in [5.41, 5.74) is 0. The molecule has 0 radical (unpaired) electrons. The first kappa shape index (κ1) is 17.3. The Kier molecular flexibility index (Phi) is 4.91. The molecule has 0 N–H and O–H groups in total. The first-order valence-corrected chi connectivity index (χ1v) is 14.6. The van der Waals surface area contributed by atoms with Gasteiger partial charge in [-0.05, 0) is 0 Å². The summed E-state index contributed by atoms with van der Waals surface area (Å²) < 4.78 is 0. The summed E-state index contributed by atoms with van der Waals surface area (Å²) in [5.74, 6) is 0. The van der Waals surface area contributed by atoms with Gasteiger partial charge in [-0.2, -0.15) is 0 Å². The van der Waals surface area contributed by atoms with Gasteiger partial charge in [0.1, 0.15) is 0 Å². The van der Waals surface area contributed by atoms with E-state index in [-0.39, 0.29) is 0 Å². The van der Waals surface area contributed by atoms with E-state index in [1.54, 1.807) is 10.6 Å². The summed E-state index contributed by atoms with van der Waals surface area (Å²) in [4.78, 5) is 0. The van der Waals surface area contributed by atoms with E-state index in [9.17, 15) is 0 Å². The molecule has 0 atom stereocenters. The predicted octanol–water partition coefficient (Wildman–Crippen LogP) is 3.61. The molecule has 0 aliphatic heterocycles. The van der Waals surface area contributed by atoms with E-state index in [0.717, 1.165) is 0 Å². The Morgan fingerprint density at radius 2 is 0.833 bits per heavy atom. The van der Waals surface area contributed by atoms with Crippen LogP contribution in [-0.4, -0.2) is 26.7 Å². The van der Waals surface area contributed by atoms with Crippen LogP contribution in [0.1, 0.15) is 0 Å². The molecule has 0 aliphatic carbocycles. The van der Waals surface area contributed by atoms with E-state index in [2.05, 4.69) is 112 Å². The Balaban J connectivity index is 2.33. The molecular weight excluding hydrogens is 326 g/mol. The van der Waals surface area contributed by atoms with Crippen LogP contribution in [0.2, 0.25) is 0 Å². The molecule has 0 nitrogen and oxygen atoms in total. The maximum absolute atomic E-state index is 2.51. The number of benzene rings is 3. The van der Waals surface area contributed by atoms with Gasteiger partial charge in [0, 0.05) is 0 Å². The van der Waals surface area contributed by atoms with Crippen LogP contribution in [0, 0.1) is 0 Å². The van der Waals surface area contributed by atoms with Gasteiger partial charge in [0.05, 0.1) is 0 Å². The van der Waals surface area contributed by atoms with Crippen LogP contribution in [-0.2, 0) is 0 Å². The molecule has 0 aromatic heterocycles. The maximum atomic E-state index is 2.51. The molecule has 24 heavy (non-hydrogen) atoms. The summed E-state index contributed by atoms with van der Waals surface area (Å²) in [6, 6.07) is 31.4. The number of hydrogen-bond acceptors (Lipinski definition) is 0. The molecule has 0 bridgehead atoms.